The minimum Gasteiger partial charge on any atom is -0.368 e. The molecule has 0 bridgehead atoms. The maximum atomic E-state index is 12.8. The van der Waals surface area contributed by atoms with Crippen LogP contribution >= 0.6 is 0 Å². The van der Waals surface area contributed by atoms with Crippen molar-refractivity contribution in [2.45, 2.75) is 20.8 Å². The van der Waals surface area contributed by atoms with E-state index >= 15 is 0 Å². The van der Waals surface area contributed by atoms with Gasteiger partial charge in [0.1, 0.15) is 6.54 Å². The van der Waals surface area contributed by atoms with E-state index in [4.69, 9.17) is 0 Å². The number of carbonyl (C=O) groups is 2. The number of aryl methyl sites for hydroxylation is 3. The van der Waals surface area contributed by atoms with E-state index in [1.165, 1.54) is 16.8 Å². The van der Waals surface area contributed by atoms with Gasteiger partial charge in [0, 0.05) is 50.6 Å². The fraction of sp³-hybridized carbons (Fsp3) is 0.417. The topological polar surface area (TPSA) is 47.1 Å². The highest BCUT2D eigenvalue weighted by Gasteiger charge is 2.32. The summed E-state index contributed by atoms with van der Waals surface area (Å²) < 4.78 is 0. The van der Waals surface area contributed by atoms with Gasteiger partial charge in [0.25, 0.3) is 0 Å². The lowest BCUT2D eigenvalue weighted by molar-refractivity contribution is -0.131. The van der Waals surface area contributed by atoms with E-state index in [2.05, 4.69) is 36.9 Å². The molecule has 2 saturated heterocycles. The maximum absolute atomic E-state index is 12.8. The maximum Gasteiger partial charge on any atom is 0.325 e. The molecule has 0 saturated carbocycles. The zero-order chi connectivity index (χ0) is 21.3. The lowest BCUT2D eigenvalue weighted by atomic mass is 10.1. The van der Waals surface area contributed by atoms with Crippen LogP contribution in [0.5, 0.6) is 0 Å². The minimum absolute atomic E-state index is 0.0368. The molecule has 2 heterocycles. The number of benzene rings is 2. The molecule has 0 radical (unpaired) electrons. The molecule has 0 N–H and O–H groups in total. The molecule has 3 amide bonds. The second-order valence-corrected chi connectivity index (χ2v) is 8.35. The molecule has 4 rings (SSSR count). The fourth-order valence-electron chi connectivity index (χ4n) is 4.21. The second-order valence-electron chi connectivity index (χ2n) is 8.35. The molecule has 158 valence electrons. The number of anilines is 2. The van der Waals surface area contributed by atoms with Crippen LogP contribution in [0, 0.1) is 20.8 Å². The Morgan fingerprint density at radius 1 is 0.833 bits per heavy atom. The molecule has 0 aromatic heterocycles. The number of hydrogen-bond acceptors (Lipinski definition) is 3. The van der Waals surface area contributed by atoms with Crippen molar-refractivity contribution in [1.29, 1.82) is 0 Å². The van der Waals surface area contributed by atoms with E-state index in [1.54, 1.807) is 9.80 Å². The van der Waals surface area contributed by atoms with Crippen LogP contribution in [0.15, 0.2) is 42.5 Å². The average Bonchev–Trinajstić information content (AvgIpc) is 3.10. The molecule has 0 atom stereocenters. The van der Waals surface area contributed by atoms with Gasteiger partial charge in [-0.15, -0.1) is 0 Å². The van der Waals surface area contributed by atoms with Crippen LogP contribution in [0.25, 0.3) is 0 Å². The second kappa shape index (κ2) is 8.38. The Balaban J connectivity index is 1.32. The third-order valence-electron chi connectivity index (χ3n) is 6.10. The zero-order valence-corrected chi connectivity index (χ0v) is 18.1. The van der Waals surface area contributed by atoms with Gasteiger partial charge in [-0.3, -0.25) is 9.69 Å². The predicted molar refractivity (Wildman–Crippen MR) is 120 cm³/mol. The first kappa shape index (κ1) is 20.3. The summed E-state index contributed by atoms with van der Waals surface area (Å²) in [5, 5.41) is 0. The van der Waals surface area contributed by atoms with Crippen molar-refractivity contribution in [3.8, 4) is 0 Å². The first-order valence-corrected chi connectivity index (χ1v) is 10.7. The summed E-state index contributed by atoms with van der Waals surface area (Å²) >= 11 is 0. The van der Waals surface area contributed by atoms with Crippen LogP contribution in [0.2, 0.25) is 0 Å². The van der Waals surface area contributed by atoms with E-state index in [-0.39, 0.29) is 18.5 Å². The van der Waals surface area contributed by atoms with Crippen molar-refractivity contribution < 1.29 is 9.59 Å². The molecule has 2 aromatic carbocycles. The van der Waals surface area contributed by atoms with Crippen molar-refractivity contribution in [1.82, 2.24) is 9.80 Å². The molecule has 6 nitrogen and oxygen atoms in total. The molecule has 0 aliphatic carbocycles. The number of nitrogens with zero attached hydrogens (tertiary/aromatic N) is 4. The molecular weight excluding hydrogens is 376 g/mol. The smallest absolute Gasteiger partial charge is 0.325 e. The van der Waals surface area contributed by atoms with Crippen molar-refractivity contribution >= 4 is 23.3 Å². The first-order chi connectivity index (χ1) is 14.4. The summed E-state index contributed by atoms with van der Waals surface area (Å²) in [7, 11) is 0. The summed E-state index contributed by atoms with van der Waals surface area (Å²) in [4.78, 5) is 33.3. The number of urea groups is 1. The van der Waals surface area contributed by atoms with Crippen LogP contribution < -0.4 is 9.80 Å². The van der Waals surface area contributed by atoms with Crippen LogP contribution in [-0.2, 0) is 4.79 Å². The van der Waals surface area contributed by atoms with E-state index in [1.807, 2.05) is 36.1 Å². The quantitative estimate of drug-likeness (QED) is 0.783. The van der Waals surface area contributed by atoms with Crippen molar-refractivity contribution in [2.24, 2.45) is 0 Å². The van der Waals surface area contributed by atoms with Gasteiger partial charge in [0.05, 0.1) is 0 Å². The molecule has 30 heavy (non-hydrogen) atoms. The molecular formula is C24H30N4O2. The highest BCUT2D eigenvalue weighted by Crippen LogP contribution is 2.24. The largest absolute Gasteiger partial charge is 0.368 e. The van der Waals surface area contributed by atoms with Crippen molar-refractivity contribution in [2.75, 3.05) is 55.6 Å². The van der Waals surface area contributed by atoms with Gasteiger partial charge in [0.15, 0.2) is 0 Å². The Kier molecular flexibility index (Phi) is 5.66. The van der Waals surface area contributed by atoms with E-state index in [9.17, 15) is 9.59 Å². The van der Waals surface area contributed by atoms with E-state index in [0.29, 0.717) is 26.2 Å². The van der Waals surface area contributed by atoms with Crippen LogP contribution in [-0.4, -0.2) is 67.6 Å². The van der Waals surface area contributed by atoms with E-state index < -0.39 is 0 Å². The molecule has 0 unspecified atom stereocenters. The normalized spacial score (nSPS) is 17.1. The van der Waals surface area contributed by atoms with Gasteiger partial charge >= 0.3 is 6.03 Å². The number of amides is 3. The molecule has 2 aliphatic rings. The number of hydrogen-bond donors (Lipinski definition) is 0. The summed E-state index contributed by atoms with van der Waals surface area (Å²) in [6.45, 7) is 10.6. The molecule has 2 fully saturated rings. The summed E-state index contributed by atoms with van der Waals surface area (Å²) in [6, 6.07) is 14.4. The standard InChI is InChI=1S/C24H30N4O2/c1-18-5-8-21(9-6-18)28-15-14-27(24(28)30)17-23(29)26-12-10-25(11-13-26)22-16-19(2)4-7-20(22)3/h4-9,16H,10-15,17H2,1-3H3. The van der Waals surface area contributed by atoms with Crippen molar-refractivity contribution in [3.63, 3.8) is 0 Å². The summed E-state index contributed by atoms with van der Waals surface area (Å²) in [5.74, 6) is 0.0368. The van der Waals surface area contributed by atoms with Gasteiger partial charge in [0.2, 0.25) is 5.91 Å². The molecule has 6 heteroatoms. The average molecular weight is 407 g/mol. The Bertz CT molecular complexity index is 933. The monoisotopic (exact) mass is 406 g/mol. The Morgan fingerprint density at radius 2 is 1.50 bits per heavy atom. The lowest BCUT2D eigenvalue weighted by Gasteiger charge is -2.37. The van der Waals surface area contributed by atoms with Crippen molar-refractivity contribution in [3.05, 3.63) is 59.2 Å². The zero-order valence-electron chi connectivity index (χ0n) is 18.1. The van der Waals surface area contributed by atoms with Crippen LogP contribution in [0.3, 0.4) is 0 Å². The highest BCUT2D eigenvalue weighted by molar-refractivity contribution is 5.96. The van der Waals surface area contributed by atoms with Gasteiger partial charge in [-0.2, -0.15) is 0 Å². The molecule has 2 aliphatic heterocycles. The Hall–Kier alpha value is -3.02. The predicted octanol–water partition coefficient (Wildman–Crippen LogP) is 3.20. The fourth-order valence-corrected chi connectivity index (χ4v) is 4.21. The van der Waals surface area contributed by atoms with Crippen LogP contribution in [0.4, 0.5) is 16.2 Å². The number of rotatable bonds is 4. The Morgan fingerprint density at radius 3 is 2.20 bits per heavy atom. The Labute approximate surface area is 178 Å². The number of carbonyl (C=O) groups excluding carboxylic acids is 2. The van der Waals surface area contributed by atoms with Crippen LogP contribution in [0.1, 0.15) is 16.7 Å². The first-order valence-electron chi connectivity index (χ1n) is 10.7. The number of piperazine rings is 1. The molecule has 2 aromatic rings. The van der Waals surface area contributed by atoms with Gasteiger partial charge in [-0.1, -0.05) is 29.8 Å². The third-order valence-corrected chi connectivity index (χ3v) is 6.10. The summed E-state index contributed by atoms with van der Waals surface area (Å²) in [6.07, 6.45) is 0. The summed E-state index contributed by atoms with van der Waals surface area (Å²) in [5.41, 5.74) is 5.82. The van der Waals surface area contributed by atoms with Gasteiger partial charge < -0.3 is 14.7 Å². The van der Waals surface area contributed by atoms with Gasteiger partial charge in [-0.05, 0) is 50.1 Å². The van der Waals surface area contributed by atoms with Gasteiger partial charge in [-0.25, -0.2) is 4.79 Å². The minimum atomic E-state index is -0.0822. The highest BCUT2D eigenvalue weighted by atomic mass is 16.2. The molecule has 0 spiro atoms. The lowest BCUT2D eigenvalue weighted by Crippen LogP contribution is -2.51. The third kappa shape index (κ3) is 4.13. The van der Waals surface area contributed by atoms with E-state index in [0.717, 1.165) is 24.3 Å². The SMILES string of the molecule is Cc1ccc(N2CCN(CC(=O)N3CCN(c4cc(C)ccc4C)CC3)C2=O)cc1.